The number of aromatic amines is 1. The summed E-state index contributed by atoms with van der Waals surface area (Å²) in [5.41, 5.74) is 8.88. The van der Waals surface area contributed by atoms with Gasteiger partial charge >= 0.3 is 0 Å². The molecule has 3 N–H and O–H groups in total. The highest BCUT2D eigenvalue weighted by atomic mass is 15.1. The highest BCUT2D eigenvalue weighted by Crippen LogP contribution is 2.20. The predicted molar refractivity (Wildman–Crippen MR) is 72.4 cm³/mol. The summed E-state index contributed by atoms with van der Waals surface area (Å²) >= 11 is 0. The molecule has 4 heteroatoms. The molecule has 0 atom stereocenters. The minimum atomic E-state index is 0.733. The maximum atomic E-state index is 5.52. The number of benzene rings is 1. The van der Waals surface area contributed by atoms with Gasteiger partial charge in [0, 0.05) is 25.7 Å². The van der Waals surface area contributed by atoms with Crippen LogP contribution in [0.25, 0.3) is 11.0 Å². The summed E-state index contributed by atoms with van der Waals surface area (Å²) in [4.78, 5) is 10.1. The Kier molecular flexibility index (Phi) is 3.64. The molecule has 1 aromatic heterocycles. The molecular weight excluding hydrogens is 212 g/mol. The topological polar surface area (TPSA) is 57.9 Å². The van der Waals surface area contributed by atoms with Gasteiger partial charge in [0.1, 0.15) is 5.82 Å². The fourth-order valence-electron chi connectivity index (χ4n) is 1.91. The van der Waals surface area contributed by atoms with Crippen molar-refractivity contribution in [2.75, 3.05) is 25.0 Å². The molecule has 0 amide bonds. The van der Waals surface area contributed by atoms with E-state index in [0.29, 0.717) is 0 Å². The summed E-state index contributed by atoms with van der Waals surface area (Å²) < 4.78 is 0. The van der Waals surface area contributed by atoms with Crippen LogP contribution in [0.1, 0.15) is 19.2 Å². The zero-order valence-electron chi connectivity index (χ0n) is 10.5. The number of anilines is 1. The highest BCUT2D eigenvalue weighted by Gasteiger charge is 2.05. The molecule has 0 spiro atoms. The smallest absolute Gasteiger partial charge is 0.106 e. The molecule has 0 aliphatic carbocycles. The number of hydrogen-bond acceptors (Lipinski definition) is 3. The van der Waals surface area contributed by atoms with Crippen molar-refractivity contribution in [2.45, 2.75) is 19.8 Å². The molecule has 0 aliphatic rings. The lowest BCUT2D eigenvalue weighted by molar-refractivity contribution is 0.796. The van der Waals surface area contributed by atoms with Crippen LogP contribution in [0.5, 0.6) is 0 Å². The zero-order chi connectivity index (χ0) is 12.3. The van der Waals surface area contributed by atoms with Crippen LogP contribution in [-0.4, -0.2) is 30.1 Å². The predicted octanol–water partition coefficient (Wildman–Crippen LogP) is 1.91. The number of aromatic nitrogens is 2. The Balaban J connectivity index is 2.24. The molecule has 17 heavy (non-hydrogen) atoms. The normalized spacial score (nSPS) is 11.0. The van der Waals surface area contributed by atoms with Crippen molar-refractivity contribution in [2.24, 2.45) is 5.73 Å². The van der Waals surface area contributed by atoms with Crippen molar-refractivity contribution in [3.63, 3.8) is 0 Å². The first kappa shape index (κ1) is 11.9. The summed E-state index contributed by atoms with van der Waals surface area (Å²) in [5.74, 6) is 1.04. The quantitative estimate of drug-likeness (QED) is 0.828. The van der Waals surface area contributed by atoms with E-state index >= 15 is 0 Å². The van der Waals surface area contributed by atoms with Crippen molar-refractivity contribution < 1.29 is 0 Å². The van der Waals surface area contributed by atoms with Gasteiger partial charge in [0.2, 0.25) is 0 Å². The van der Waals surface area contributed by atoms with Gasteiger partial charge in [-0.3, -0.25) is 0 Å². The molecule has 0 unspecified atom stereocenters. The van der Waals surface area contributed by atoms with Gasteiger partial charge in [0.05, 0.1) is 11.0 Å². The molecule has 0 radical (unpaired) electrons. The highest BCUT2D eigenvalue weighted by molar-refractivity contribution is 5.79. The van der Waals surface area contributed by atoms with Crippen LogP contribution < -0.4 is 10.6 Å². The Bertz CT molecular complexity index is 489. The van der Waals surface area contributed by atoms with Gasteiger partial charge in [-0.1, -0.05) is 6.92 Å². The van der Waals surface area contributed by atoms with Gasteiger partial charge in [-0.15, -0.1) is 0 Å². The van der Waals surface area contributed by atoms with Crippen LogP contribution in [0.3, 0.4) is 0 Å². The Labute approximate surface area is 102 Å². The molecular formula is C13H20N4. The molecule has 1 heterocycles. The van der Waals surface area contributed by atoms with E-state index in [1.54, 1.807) is 0 Å². The second-order valence-electron chi connectivity index (χ2n) is 4.30. The van der Waals surface area contributed by atoms with E-state index in [9.17, 15) is 0 Å². The summed E-state index contributed by atoms with van der Waals surface area (Å²) in [6.07, 6.45) is 1.95. The lowest BCUT2D eigenvalue weighted by atomic mass is 10.2. The average Bonchev–Trinajstić information content (AvgIpc) is 2.77. The molecule has 0 aliphatic heterocycles. The van der Waals surface area contributed by atoms with Crippen LogP contribution in [-0.2, 0) is 6.42 Å². The van der Waals surface area contributed by atoms with E-state index < -0.39 is 0 Å². The molecule has 0 saturated carbocycles. The lowest BCUT2D eigenvalue weighted by Crippen LogP contribution is -2.20. The third-order valence-electron chi connectivity index (χ3n) is 2.99. The average molecular weight is 232 g/mol. The van der Waals surface area contributed by atoms with E-state index in [1.807, 2.05) is 0 Å². The third-order valence-corrected chi connectivity index (χ3v) is 2.99. The maximum absolute atomic E-state index is 5.52. The van der Waals surface area contributed by atoms with Crippen molar-refractivity contribution >= 4 is 16.7 Å². The number of H-pyrrole nitrogens is 1. The number of nitrogens with one attached hydrogen (secondary N) is 1. The zero-order valence-corrected chi connectivity index (χ0v) is 10.5. The summed E-state index contributed by atoms with van der Waals surface area (Å²) in [6.45, 7) is 3.82. The van der Waals surface area contributed by atoms with Gasteiger partial charge in [-0.2, -0.15) is 0 Å². The molecule has 2 aromatic rings. The van der Waals surface area contributed by atoms with Crippen LogP contribution in [0.2, 0.25) is 0 Å². The van der Waals surface area contributed by atoms with Crippen molar-refractivity contribution in [3.8, 4) is 0 Å². The molecule has 0 bridgehead atoms. The number of hydrogen-bond donors (Lipinski definition) is 2. The molecule has 1 aromatic carbocycles. The lowest BCUT2D eigenvalue weighted by Gasteiger charge is -2.18. The monoisotopic (exact) mass is 232 g/mol. The first-order valence-electron chi connectivity index (χ1n) is 6.14. The number of nitrogens with zero attached hydrogens (tertiary/aromatic N) is 2. The summed E-state index contributed by atoms with van der Waals surface area (Å²) in [5, 5.41) is 0. The van der Waals surface area contributed by atoms with Gasteiger partial charge in [0.25, 0.3) is 0 Å². The van der Waals surface area contributed by atoms with Gasteiger partial charge < -0.3 is 15.6 Å². The van der Waals surface area contributed by atoms with Gasteiger partial charge in [0.15, 0.2) is 0 Å². The van der Waals surface area contributed by atoms with Crippen LogP contribution in [0, 0.1) is 0 Å². The van der Waals surface area contributed by atoms with Crippen LogP contribution in [0.4, 0.5) is 5.69 Å². The van der Waals surface area contributed by atoms with Crippen molar-refractivity contribution in [3.05, 3.63) is 24.0 Å². The SMILES string of the molecule is CCc1nc2ccc(N(C)CCCN)cc2[nH]1. The summed E-state index contributed by atoms with van der Waals surface area (Å²) in [7, 11) is 2.09. The largest absolute Gasteiger partial charge is 0.374 e. The Morgan fingerprint density at radius 1 is 1.41 bits per heavy atom. The number of aryl methyl sites for hydroxylation is 1. The van der Waals surface area contributed by atoms with E-state index in [1.165, 1.54) is 5.69 Å². The molecule has 0 saturated heterocycles. The molecule has 92 valence electrons. The van der Waals surface area contributed by atoms with Crippen molar-refractivity contribution in [1.29, 1.82) is 0 Å². The number of nitrogens with two attached hydrogens (primary N) is 1. The number of rotatable bonds is 5. The third kappa shape index (κ3) is 2.58. The second-order valence-corrected chi connectivity index (χ2v) is 4.30. The number of fused-ring (bicyclic) bond motifs is 1. The first-order valence-corrected chi connectivity index (χ1v) is 6.14. The minimum Gasteiger partial charge on any atom is -0.374 e. The Morgan fingerprint density at radius 2 is 2.24 bits per heavy atom. The molecule has 0 fully saturated rings. The van der Waals surface area contributed by atoms with E-state index in [-0.39, 0.29) is 0 Å². The van der Waals surface area contributed by atoms with Crippen LogP contribution >= 0.6 is 0 Å². The van der Waals surface area contributed by atoms with E-state index in [0.717, 1.165) is 42.8 Å². The second kappa shape index (κ2) is 5.19. The standard InChI is InChI=1S/C13H20N4/c1-3-13-15-11-6-5-10(9-12(11)16-13)17(2)8-4-7-14/h5-6,9H,3-4,7-8,14H2,1-2H3,(H,15,16). The molecule has 4 nitrogen and oxygen atoms in total. The van der Waals surface area contributed by atoms with Gasteiger partial charge in [-0.05, 0) is 31.2 Å². The fraction of sp³-hybridized carbons (Fsp3) is 0.462. The maximum Gasteiger partial charge on any atom is 0.106 e. The van der Waals surface area contributed by atoms with Crippen molar-refractivity contribution in [1.82, 2.24) is 9.97 Å². The first-order chi connectivity index (χ1) is 8.24. The van der Waals surface area contributed by atoms with Crippen LogP contribution in [0.15, 0.2) is 18.2 Å². The Morgan fingerprint density at radius 3 is 2.94 bits per heavy atom. The molecule has 2 rings (SSSR count). The number of imidazole rings is 1. The minimum absolute atomic E-state index is 0.733. The Hall–Kier alpha value is -1.55. The van der Waals surface area contributed by atoms with E-state index in [4.69, 9.17) is 5.73 Å². The summed E-state index contributed by atoms with van der Waals surface area (Å²) in [6, 6.07) is 6.33. The van der Waals surface area contributed by atoms with E-state index in [2.05, 4.69) is 47.0 Å². The fourth-order valence-corrected chi connectivity index (χ4v) is 1.91. The van der Waals surface area contributed by atoms with Gasteiger partial charge in [-0.25, -0.2) is 4.98 Å².